The highest BCUT2D eigenvalue weighted by atomic mass is 32.2. The molecule has 6 nitrogen and oxygen atoms in total. The fourth-order valence-corrected chi connectivity index (χ4v) is 4.59. The number of carbonyl (C=O) groups is 2. The van der Waals surface area contributed by atoms with E-state index in [-0.39, 0.29) is 5.91 Å². The monoisotopic (exact) mass is 405 g/mol. The van der Waals surface area contributed by atoms with E-state index in [1.807, 2.05) is 47.9 Å². The van der Waals surface area contributed by atoms with Crippen LogP contribution in [0.25, 0.3) is 11.4 Å². The average molecular weight is 406 g/mol. The van der Waals surface area contributed by atoms with Crippen molar-refractivity contribution >= 4 is 35.4 Å². The smallest absolute Gasteiger partial charge is 0.319 e. The van der Waals surface area contributed by atoms with Crippen molar-refractivity contribution in [2.45, 2.75) is 30.4 Å². The average Bonchev–Trinajstić information content (AvgIpc) is 3.03. The number of carboxylic acids is 1. The zero-order valence-corrected chi connectivity index (χ0v) is 17.2. The van der Waals surface area contributed by atoms with E-state index in [1.54, 1.807) is 13.8 Å². The molecule has 27 heavy (non-hydrogen) atoms. The summed E-state index contributed by atoms with van der Waals surface area (Å²) in [4.78, 5) is 34.5. The number of amides is 1. The van der Waals surface area contributed by atoms with E-state index >= 15 is 0 Å². The molecule has 2 aromatic rings. The maximum absolute atomic E-state index is 12.7. The first-order valence-corrected chi connectivity index (χ1v) is 10.7. The molecule has 0 spiro atoms. The Labute approximate surface area is 167 Å². The molecule has 0 atom stereocenters. The highest BCUT2D eigenvalue weighted by Gasteiger charge is 2.28. The van der Waals surface area contributed by atoms with Crippen LogP contribution in [-0.2, 0) is 4.79 Å². The number of imidazole rings is 1. The van der Waals surface area contributed by atoms with Crippen molar-refractivity contribution in [3.63, 3.8) is 0 Å². The molecular weight excluding hydrogens is 382 g/mol. The van der Waals surface area contributed by atoms with Gasteiger partial charge in [-0.1, -0.05) is 12.1 Å². The molecule has 0 aliphatic carbocycles. The van der Waals surface area contributed by atoms with Gasteiger partial charge in [0.05, 0.1) is 0 Å². The third-order valence-corrected chi connectivity index (χ3v) is 6.54. The van der Waals surface area contributed by atoms with Gasteiger partial charge in [0.1, 0.15) is 16.3 Å². The van der Waals surface area contributed by atoms with Crippen LogP contribution in [0.1, 0.15) is 30.0 Å². The summed E-state index contributed by atoms with van der Waals surface area (Å²) in [5.41, 5.74) is 2.10. The second-order valence-electron chi connectivity index (χ2n) is 6.91. The molecule has 0 unspecified atom stereocenters. The molecule has 8 heteroatoms. The van der Waals surface area contributed by atoms with Crippen molar-refractivity contribution in [1.29, 1.82) is 0 Å². The van der Waals surface area contributed by atoms with E-state index in [0.29, 0.717) is 11.5 Å². The van der Waals surface area contributed by atoms with Crippen LogP contribution < -0.4 is 0 Å². The summed E-state index contributed by atoms with van der Waals surface area (Å²) in [5.74, 6) is 1.71. The van der Waals surface area contributed by atoms with E-state index in [9.17, 15) is 14.7 Å². The molecular formula is C19H23N3O3S2. The Hall–Kier alpha value is -1.93. The molecule has 3 rings (SSSR count). The minimum Gasteiger partial charge on any atom is -0.480 e. The van der Waals surface area contributed by atoms with Gasteiger partial charge in [-0.25, -0.2) is 4.98 Å². The number of hydrogen-bond acceptors (Lipinski definition) is 5. The first kappa shape index (κ1) is 19.8. The number of hydrogen-bond donors (Lipinski definition) is 2. The van der Waals surface area contributed by atoms with E-state index in [1.165, 1.54) is 11.8 Å². The van der Waals surface area contributed by atoms with Crippen molar-refractivity contribution < 1.29 is 14.7 Å². The van der Waals surface area contributed by atoms with Crippen LogP contribution in [0.5, 0.6) is 0 Å². The predicted molar refractivity (Wildman–Crippen MR) is 110 cm³/mol. The molecule has 0 bridgehead atoms. The predicted octanol–water partition coefficient (Wildman–Crippen LogP) is 3.53. The lowest BCUT2D eigenvalue weighted by Crippen LogP contribution is -2.38. The van der Waals surface area contributed by atoms with Gasteiger partial charge in [0.15, 0.2) is 0 Å². The fraction of sp³-hybridized carbons (Fsp3) is 0.421. The quantitative estimate of drug-likeness (QED) is 0.740. The van der Waals surface area contributed by atoms with Crippen LogP contribution in [-0.4, -0.2) is 61.2 Å². The summed E-state index contributed by atoms with van der Waals surface area (Å²) < 4.78 is -0.894. The maximum atomic E-state index is 12.7. The maximum Gasteiger partial charge on any atom is 0.319 e. The van der Waals surface area contributed by atoms with Crippen molar-refractivity contribution in [3.8, 4) is 11.4 Å². The number of nitrogens with one attached hydrogen (secondary N) is 1. The molecule has 1 saturated heterocycles. The fourth-order valence-electron chi connectivity index (χ4n) is 2.74. The van der Waals surface area contributed by atoms with Gasteiger partial charge < -0.3 is 15.0 Å². The lowest BCUT2D eigenvalue weighted by molar-refractivity contribution is -0.138. The van der Waals surface area contributed by atoms with E-state index in [0.717, 1.165) is 40.7 Å². The van der Waals surface area contributed by atoms with Crippen molar-refractivity contribution in [3.05, 3.63) is 35.7 Å². The Kier molecular flexibility index (Phi) is 5.86. The van der Waals surface area contributed by atoms with Crippen LogP contribution in [0.15, 0.2) is 29.2 Å². The van der Waals surface area contributed by atoms with E-state index in [4.69, 9.17) is 0 Å². The summed E-state index contributed by atoms with van der Waals surface area (Å²) in [7, 11) is 0. The Morgan fingerprint density at radius 3 is 2.44 bits per heavy atom. The molecule has 1 aromatic carbocycles. The Morgan fingerprint density at radius 2 is 1.85 bits per heavy atom. The second-order valence-corrected chi connectivity index (χ2v) is 9.83. The van der Waals surface area contributed by atoms with Crippen molar-refractivity contribution in [2.75, 3.05) is 24.6 Å². The van der Waals surface area contributed by atoms with Gasteiger partial charge in [-0.15, -0.1) is 11.8 Å². The van der Waals surface area contributed by atoms with E-state index < -0.39 is 10.7 Å². The summed E-state index contributed by atoms with van der Waals surface area (Å²) in [6, 6.07) is 7.55. The first-order valence-electron chi connectivity index (χ1n) is 8.74. The van der Waals surface area contributed by atoms with Gasteiger partial charge in [-0.2, -0.15) is 11.8 Å². The van der Waals surface area contributed by atoms with Gasteiger partial charge >= 0.3 is 5.97 Å². The third-order valence-electron chi connectivity index (χ3n) is 4.40. The van der Waals surface area contributed by atoms with Gasteiger partial charge in [0.2, 0.25) is 0 Å². The van der Waals surface area contributed by atoms with Crippen LogP contribution in [0.2, 0.25) is 0 Å². The molecule has 1 fully saturated rings. The third kappa shape index (κ3) is 4.50. The number of thioether (sulfide) groups is 2. The van der Waals surface area contributed by atoms with Gasteiger partial charge in [-0.05, 0) is 32.9 Å². The zero-order chi connectivity index (χ0) is 19.6. The molecule has 0 radical (unpaired) electrons. The minimum atomic E-state index is -0.894. The highest BCUT2D eigenvalue weighted by molar-refractivity contribution is 8.01. The number of rotatable bonds is 5. The normalized spacial score (nSPS) is 15.0. The molecule has 144 valence electrons. The molecule has 1 aliphatic rings. The van der Waals surface area contributed by atoms with Crippen LogP contribution >= 0.6 is 23.5 Å². The summed E-state index contributed by atoms with van der Waals surface area (Å²) in [6.45, 7) is 6.75. The standard InChI is InChI=1S/C19H23N3O3S2/c1-12-15(17(23)22-8-10-26-11-9-22)21-16(20-12)13-4-6-14(7-5-13)27-19(2,3)18(24)25/h4-7H,8-11H2,1-3H3,(H,20,21)(H,24,25). The highest BCUT2D eigenvalue weighted by Crippen LogP contribution is 2.33. The Balaban J connectivity index is 1.77. The van der Waals surface area contributed by atoms with Gasteiger partial charge in [-0.3, -0.25) is 9.59 Å². The van der Waals surface area contributed by atoms with Gasteiger partial charge in [0.25, 0.3) is 5.91 Å². The molecule has 1 amide bonds. The topological polar surface area (TPSA) is 86.3 Å². The number of carboxylic acid groups (broad SMARTS) is 1. The number of carbonyl (C=O) groups excluding carboxylic acids is 1. The lowest BCUT2D eigenvalue weighted by atomic mass is 10.2. The second kappa shape index (κ2) is 7.98. The lowest BCUT2D eigenvalue weighted by Gasteiger charge is -2.25. The summed E-state index contributed by atoms with van der Waals surface area (Å²) in [5, 5.41) is 9.25. The first-order chi connectivity index (χ1) is 12.8. The summed E-state index contributed by atoms with van der Waals surface area (Å²) >= 11 is 3.16. The van der Waals surface area contributed by atoms with Crippen molar-refractivity contribution in [1.82, 2.24) is 14.9 Å². The number of aromatic amines is 1. The van der Waals surface area contributed by atoms with Crippen LogP contribution in [0.3, 0.4) is 0 Å². The number of nitrogens with zero attached hydrogens (tertiary/aromatic N) is 2. The van der Waals surface area contributed by atoms with Crippen LogP contribution in [0, 0.1) is 6.92 Å². The molecule has 1 aromatic heterocycles. The van der Waals surface area contributed by atoms with Gasteiger partial charge in [0, 0.05) is 40.7 Å². The number of H-pyrrole nitrogens is 1. The molecule has 0 saturated carbocycles. The number of aryl methyl sites for hydroxylation is 1. The Morgan fingerprint density at radius 1 is 1.22 bits per heavy atom. The number of benzene rings is 1. The largest absolute Gasteiger partial charge is 0.480 e. The molecule has 1 aliphatic heterocycles. The zero-order valence-electron chi connectivity index (χ0n) is 15.6. The molecule has 2 N–H and O–H groups in total. The SMILES string of the molecule is Cc1[nH]c(-c2ccc(SC(C)(C)C(=O)O)cc2)nc1C(=O)N1CCSCC1. The molecule has 2 heterocycles. The number of aliphatic carboxylic acids is 1. The number of aromatic nitrogens is 2. The van der Waals surface area contributed by atoms with E-state index in [2.05, 4.69) is 9.97 Å². The van der Waals surface area contributed by atoms with Crippen molar-refractivity contribution in [2.24, 2.45) is 0 Å². The Bertz CT molecular complexity index is 840. The summed E-state index contributed by atoms with van der Waals surface area (Å²) in [6.07, 6.45) is 0. The van der Waals surface area contributed by atoms with Crippen LogP contribution in [0.4, 0.5) is 0 Å². The minimum absolute atomic E-state index is 0.0225.